The Morgan fingerprint density at radius 1 is 0.625 bits per heavy atom. The monoisotopic (exact) mass is 488 g/mol. The second-order valence-corrected chi connectivity index (χ2v) is 11.9. The standard InChI is InChI=1S/2C11H16O4S/c2*1-9-4-6-10(7-5-9)16(13,14)15-8-11(2,3)12/h2*4-7,12H,8H2,1-3H3. The van der Waals surface area contributed by atoms with Crippen LogP contribution in [0, 0.1) is 13.8 Å². The zero-order chi connectivity index (χ0) is 24.8. The van der Waals surface area contributed by atoms with E-state index in [2.05, 4.69) is 0 Å². The minimum atomic E-state index is -3.77. The normalized spacial score (nSPS) is 12.8. The van der Waals surface area contributed by atoms with E-state index in [-0.39, 0.29) is 23.0 Å². The van der Waals surface area contributed by atoms with Crippen LogP contribution < -0.4 is 0 Å². The Balaban J connectivity index is 0.000000320. The van der Waals surface area contributed by atoms with Crippen LogP contribution in [-0.4, -0.2) is 51.5 Å². The summed E-state index contributed by atoms with van der Waals surface area (Å²) < 4.78 is 56.1. The highest BCUT2D eigenvalue weighted by Gasteiger charge is 2.22. The fourth-order valence-electron chi connectivity index (χ4n) is 1.99. The Kier molecular flexibility index (Phi) is 9.58. The molecule has 0 amide bonds. The molecule has 0 aliphatic carbocycles. The lowest BCUT2D eigenvalue weighted by atomic mass is 10.2. The average Bonchev–Trinajstić information content (AvgIpc) is 2.65. The van der Waals surface area contributed by atoms with Crippen LogP contribution in [-0.2, 0) is 28.6 Å². The Hall–Kier alpha value is -1.82. The van der Waals surface area contributed by atoms with Gasteiger partial charge in [0.05, 0.1) is 34.2 Å². The third-order valence-corrected chi connectivity index (χ3v) is 6.31. The zero-order valence-corrected chi connectivity index (χ0v) is 20.8. The lowest BCUT2D eigenvalue weighted by Crippen LogP contribution is -2.28. The second-order valence-electron chi connectivity index (χ2n) is 8.68. The molecule has 0 radical (unpaired) electrons. The van der Waals surface area contributed by atoms with Crippen molar-refractivity contribution in [3.8, 4) is 0 Å². The summed E-state index contributed by atoms with van der Waals surface area (Å²) in [5.74, 6) is 0. The van der Waals surface area contributed by atoms with Crippen molar-refractivity contribution in [2.75, 3.05) is 13.2 Å². The lowest BCUT2D eigenvalue weighted by molar-refractivity contribution is 0.0306. The van der Waals surface area contributed by atoms with Gasteiger partial charge >= 0.3 is 0 Å². The molecule has 0 fully saturated rings. The maximum atomic E-state index is 11.7. The summed E-state index contributed by atoms with van der Waals surface area (Å²) in [5, 5.41) is 18.8. The first kappa shape index (κ1) is 28.2. The van der Waals surface area contributed by atoms with Crippen LogP contribution >= 0.6 is 0 Å². The van der Waals surface area contributed by atoms with Gasteiger partial charge < -0.3 is 10.2 Å². The summed E-state index contributed by atoms with van der Waals surface area (Å²) in [6.07, 6.45) is 0. The highest BCUT2D eigenvalue weighted by atomic mass is 32.2. The van der Waals surface area contributed by atoms with E-state index in [1.54, 1.807) is 24.3 Å². The molecule has 0 saturated heterocycles. The van der Waals surface area contributed by atoms with Gasteiger partial charge in [-0.15, -0.1) is 0 Å². The smallest absolute Gasteiger partial charge is 0.297 e. The van der Waals surface area contributed by atoms with Crippen LogP contribution in [0.15, 0.2) is 58.3 Å². The van der Waals surface area contributed by atoms with Crippen molar-refractivity contribution >= 4 is 20.2 Å². The number of aryl methyl sites for hydroxylation is 2. The van der Waals surface area contributed by atoms with E-state index >= 15 is 0 Å². The van der Waals surface area contributed by atoms with Crippen molar-refractivity contribution < 1.29 is 35.4 Å². The highest BCUT2D eigenvalue weighted by molar-refractivity contribution is 7.87. The zero-order valence-electron chi connectivity index (χ0n) is 19.2. The molecule has 8 nitrogen and oxygen atoms in total. The fourth-order valence-corrected chi connectivity index (χ4v) is 4.09. The first-order valence-electron chi connectivity index (χ1n) is 9.78. The summed E-state index contributed by atoms with van der Waals surface area (Å²) in [6.45, 7) is 9.15. The number of hydrogen-bond acceptors (Lipinski definition) is 8. The van der Waals surface area contributed by atoms with Crippen LogP contribution in [0.4, 0.5) is 0 Å². The number of hydrogen-bond donors (Lipinski definition) is 2. The van der Waals surface area contributed by atoms with E-state index in [1.807, 2.05) is 13.8 Å². The van der Waals surface area contributed by atoms with E-state index in [1.165, 1.54) is 52.0 Å². The quantitative estimate of drug-likeness (QED) is 0.543. The number of benzene rings is 2. The molecule has 180 valence electrons. The molecule has 10 heteroatoms. The Bertz CT molecular complexity index is 969. The van der Waals surface area contributed by atoms with Crippen molar-refractivity contribution in [2.24, 2.45) is 0 Å². The van der Waals surface area contributed by atoms with Crippen LogP contribution in [0.3, 0.4) is 0 Å². The van der Waals surface area contributed by atoms with E-state index < -0.39 is 31.4 Å². The molecule has 2 aromatic carbocycles. The molecular weight excluding hydrogens is 456 g/mol. The molecule has 0 bridgehead atoms. The first-order valence-corrected chi connectivity index (χ1v) is 12.6. The Labute approximate surface area is 191 Å². The third-order valence-electron chi connectivity index (χ3n) is 3.75. The number of rotatable bonds is 8. The van der Waals surface area contributed by atoms with Crippen molar-refractivity contribution in [3.05, 3.63) is 59.7 Å². The average molecular weight is 489 g/mol. The van der Waals surface area contributed by atoms with Crippen LogP contribution in [0.25, 0.3) is 0 Å². The highest BCUT2D eigenvalue weighted by Crippen LogP contribution is 2.16. The molecule has 0 saturated carbocycles. The second kappa shape index (κ2) is 10.9. The van der Waals surface area contributed by atoms with E-state index in [9.17, 15) is 27.0 Å². The molecule has 2 aromatic rings. The third kappa shape index (κ3) is 10.7. The maximum absolute atomic E-state index is 11.7. The van der Waals surface area contributed by atoms with Gasteiger partial charge in [0.2, 0.25) is 0 Å². The van der Waals surface area contributed by atoms with Crippen LogP contribution in [0.1, 0.15) is 38.8 Å². The van der Waals surface area contributed by atoms with Crippen molar-refractivity contribution in [2.45, 2.75) is 62.5 Å². The molecule has 2 rings (SSSR count). The van der Waals surface area contributed by atoms with Gasteiger partial charge in [0.15, 0.2) is 0 Å². The molecule has 0 unspecified atom stereocenters. The van der Waals surface area contributed by atoms with E-state index in [4.69, 9.17) is 8.37 Å². The van der Waals surface area contributed by atoms with Gasteiger partial charge in [-0.1, -0.05) is 35.4 Å². The molecule has 0 heterocycles. The predicted molar refractivity (Wildman–Crippen MR) is 121 cm³/mol. The summed E-state index contributed by atoms with van der Waals surface area (Å²) >= 11 is 0. The van der Waals surface area contributed by atoms with E-state index in [0.717, 1.165) is 11.1 Å². The van der Waals surface area contributed by atoms with Crippen LogP contribution in [0.5, 0.6) is 0 Å². The molecule has 32 heavy (non-hydrogen) atoms. The largest absolute Gasteiger partial charge is 0.388 e. The fraction of sp³-hybridized carbons (Fsp3) is 0.455. The van der Waals surface area contributed by atoms with Gasteiger partial charge in [0.1, 0.15) is 0 Å². The predicted octanol–water partition coefficient (Wildman–Crippen LogP) is 2.94. The summed E-state index contributed by atoms with van der Waals surface area (Å²) in [7, 11) is -7.54. The summed E-state index contributed by atoms with van der Waals surface area (Å²) in [4.78, 5) is 0.199. The molecule has 0 atom stereocenters. The maximum Gasteiger partial charge on any atom is 0.297 e. The summed E-state index contributed by atoms with van der Waals surface area (Å²) in [5.41, 5.74) is -0.391. The molecule has 0 aliphatic heterocycles. The topological polar surface area (TPSA) is 127 Å². The van der Waals surface area contributed by atoms with Gasteiger partial charge in [0.25, 0.3) is 20.2 Å². The molecule has 0 aliphatic rings. The first-order chi connectivity index (χ1) is 14.4. The lowest BCUT2D eigenvalue weighted by Gasteiger charge is -2.16. The van der Waals surface area contributed by atoms with Gasteiger partial charge in [0, 0.05) is 0 Å². The van der Waals surface area contributed by atoms with Gasteiger partial charge in [-0.2, -0.15) is 16.8 Å². The van der Waals surface area contributed by atoms with Crippen LogP contribution in [0.2, 0.25) is 0 Å². The molecule has 0 spiro atoms. The molecule has 0 aromatic heterocycles. The Morgan fingerprint density at radius 2 is 0.875 bits per heavy atom. The van der Waals surface area contributed by atoms with Crippen molar-refractivity contribution in [1.82, 2.24) is 0 Å². The molecule has 2 N–H and O–H groups in total. The van der Waals surface area contributed by atoms with Gasteiger partial charge in [-0.25, -0.2) is 0 Å². The van der Waals surface area contributed by atoms with Gasteiger partial charge in [-0.05, 0) is 65.8 Å². The SMILES string of the molecule is Cc1ccc(S(=O)(=O)OCC(C)(C)O)cc1.Cc1ccc(S(=O)(=O)OCC(C)(C)O)cc1. The minimum Gasteiger partial charge on any atom is -0.388 e. The molecular formula is C22H32O8S2. The minimum absolute atomic E-state index is 0.0994. The van der Waals surface area contributed by atoms with Gasteiger partial charge in [-0.3, -0.25) is 8.37 Å². The van der Waals surface area contributed by atoms with Crippen molar-refractivity contribution in [1.29, 1.82) is 0 Å². The number of aliphatic hydroxyl groups is 2. The van der Waals surface area contributed by atoms with E-state index in [0.29, 0.717) is 0 Å². The van der Waals surface area contributed by atoms with Crippen molar-refractivity contribution in [3.63, 3.8) is 0 Å². The Morgan fingerprint density at radius 3 is 1.09 bits per heavy atom. The summed E-state index contributed by atoms with van der Waals surface area (Å²) in [6, 6.07) is 12.7.